The molecule has 4 heteroatoms. The number of nitrogens with one attached hydrogen (secondary N) is 1. The SMILES string of the molecule is O=C1C2CCCC2C(=O)N1CCC1CCCCN1. The molecular formula is C14H22N2O2. The van der Waals surface area contributed by atoms with E-state index in [4.69, 9.17) is 0 Å². The van der Waals surface area contributed by atoms with Crippen molar-refractivity contribution >= 4 is 11.8 Å². The summed E-state index contributed by atoms with van der Waals surface area (Å²) in [6, 6.07) is 0.500. The number of amides is 2. The van der Waals surface area contributed by atoms with Crippen LogP contribution in [0.15, 0.2) is 0 Å². The molecule has 0 spiro atoms. The number of hydrogen-bond donors (Lipinski definition) is 1. The minimum atomic E-state index is 0.0248. The van der Waals surface area contributed by atoms with E-state index in [1.807, 2.05) is 0 Å². The van der Waals surface area contributed by atoms with Crippen molar-refractivity contribution in [2.75, 3.05) is 13.1 Å². The summed E-state index contributed by atoms with van der Waals surface area (Å²) in [5, 5.41) is 3.47. The van der Waals surface area contributed by atoms with Crippen LogP contribution in [0.1, 0.15) is 44.9 Å². The predicted octanol–water partition coefficient (Wildman–Crippen LogP) is 1.30. The van der Waals surface area contributed by atoms with Gasteiger partial charge in [0.2, 0.25) is 11.8 Å². The Balaban J connectivity index is 1.56. The van der Waals surface area contributed by atoms with Crippen LogP contribution >= 0.6 is 0 Å². The zero-order valence-electron chi connectivity index (χ0n) is 10.9. The molecule has 1 N–H and O–H groups in total. The summed E-state index contributed by atoms with van der Waals surface area (Å²) >= 11 is 0. The van der Waals surface area contributed by atoms with Crippen molar-refractivity contribution in [2.24, 2.45) is 11.8 Å². The van der Waals surface area contributed by atoms with Gasteiger partial charge in [-0.1, -0.05) is 12.8 Å². The predicted molar refractivity (Wildman–Crippen MR) is 67.8 cm³/mol. The molecule has 2 aliphatic heterocycles. The van der Waals surface area contributed by atoms with Crippen LogP contribution in [0, 0.1) is 11.8 Å². The highest BCUT2D eigenvalue weighted by Gasteiger charge is 2.49. The Hall–Kier alpha value is -0.900. The van der Waals surface area contributed by atoms with Crippen LogP contribution in [-0.4, -0.2) is 35.8 Å². The second-order valence-electron chi connectivity index (χ2n) is 5.91. The first kappa shape index (κ1) is 12.2. The van der Waals surface area contributed by atoms with E-state index in [2.05, 4.69) is 5.32 Å². The van der Waals surface area contributed by atoms with Crippen molar-refractivity contribution in [3.63, 3.8) is 0 Å². The molecule has 3 fully saturated rings. The molecule has 0 radical (unpaired) electrons. The third kappa shape index (κ3) is 2.07. The molecule has 1 aliphatic carbocycles. The fourth-order valence-corrected chi connectivity index (χ4v) is 3.74. The molecule has 1 saturated carbocycles. The van der Waals surface area contributed by atoms with Crippen LogP contribution in [0.2, 0.25) is 0 Å². The van der Waals surface area contributed by atoms with Gasteiger partial charge in [0.15, 0.2) is 0 Å². The van der Waals surface area contributed by atoms with E-state index in [0.717, 1.165) is 32.2 Å². The lowest BCUT2D eigenvalue weighted by atomic mass is 10.00. The van der Waals surface area contributed by atoms with Gasteiger partial charge in [-0.15, -0.1) is 0 Å². The molecule has 18 heavy (non-hydrogen) atoms. The first-order chi connectivity index (χ1) is 8.77. The molecule has 0 bridgehead atoms. The minimum absolute atomic E-state index is 0.0248. The molecule has 4 nitrogen and oxygen atoms in total. The first-order valence-corrected chi connectivity index (χ1v) is 7.36. The third-order valence-electron chi connectivity index (χ3n) is 4.80. The number of hydrogen-bond acceptors (Lipinski definition) is 3. The van der Waals surface area contributed by atoms with E-state index in [1.165, 1.54) is 19.3 Å². The van der Waals surface area contributed by atoms with Crippen molar-refractivity contribution in [3.8, 4) is 0 Å². The van der Waals surface area contributed by atoms with Gasteiger partial charge in [-0.05, 0) is 38.6 Å². The van der Waals surface area contributed by atoms with E-state index in [9.17, 15) is 9.59 Å². The summed E-state index contributed by atoms with van der Waals surface area (Å²) in [6.45, 7) is 1.71. The second kappa shape index (κ2) is 5.00. The molecule has 100 valence electrons. The van der Waals surface area contributed by atoms with Crippen molar-refractivity contribution in [2.45, 2.75) is 51.0 Å². The Labute approximate surface area is 108 Å². The Morgan fingerprint density at radius 1 is 1.00 bits per heavy atom. The molecule has 3 atom stereocenters. The highest BCUT2D eigenvalue weighted by molar-refractivity contribution is 6.05. The lowest BCUT2D eigenvalue weighted by molar-refractivity contribution is -0.140. The zero-order valence-corrected chi connectivity index (χ0v) is 10.9. The van der Waals surface area contributed by atoms with Gasteiger partial charge >= 0.3 is 0 Å². The van der Waals surface area contributed by atoms with Gasteiger partial charge in [-0.2, -0.15) is 0 Å². The number of piperidine rings is 1. The van der Waals surface area contributed by atoms with E-state index >= 15 is 0 Å². The van der Waals surface area contributed by atoms with Crippen LogP contribution in [0.5, 0.6) is 0 Å². The summed E-state index contributed by atoms with van der Waals surface area (Å²) in [7, 11) is 0. The number of rotatable bonds is 3. The van der Waals surface area contributed by atoms with Crippen LogP contribution in [0.3, 0.4) is 0 Å². The number of likely N-dealkylation sites (tertiary alicyclic amines) is 1. The van der Waals surface area contributed by atoms with Gasteiger partial charge in [-0.3, -0.25) is 14.5 Å². The molecule has 2 heterocycles. The van der Waals surface area contributed by atoms with Gasteiger partial charge in [0, 0.05) is 12.6 Å². The van der Waals surface area contributed by atoms with E-state index < -0.39 is 0 Å². The first-order valence-electron chi connectivity index (χ1n) is 7.36. The van der Waals surface area contributed by atoms with Crippen molar-refractivity contribution in [3.05, 3.63) is 0 Å². The molecule has 3 unspecified atom stereocenters. The number of carbonyl (C=O) groups excluding carboxylic acids is 2. The number of nitrogens with zero attached hydrogens (tertiary/aromatic N) is 1. The molecule has 3 aliphatic rings. The smallest absolute Gasteiger partial charge is 0.233 e. The number of imide groups is 1. The van der Waals surface area contributed by atoms with Gasteiger partial charge in [0.25, 0.3) is 0 Å². The van der Waals surface area contributed by atoms with Gasteiger partial charge in [0.05, 0.1) is 11.8 Å². The second-order valence-corrected chi connectivity index (χ2v) is 5.91. The van der Waals surface area contributed by atoms with Crippen molar-refractivity contribution < 1.29 is 9.59 Å². The van der Waals surface area contributed by atoms with Gasteiger partial charge in [-0.25, -0.2) is 0 Å². The molecule has 2 saturated heterocycles. The van der Waals surface area contributed by atoms with Crippen molar-refractivity contribution in [1.29, 1.82) is 0 Å². The number of fused-ring (bicyclic) bond motifs is 1. The molecule has 0 aromatic carbocycles. The van der Waals surface area contributed by atoms with E-state index in [-0.39, 0.29) is 23.7 Å². The summed E-state index contributed by atoms with van der Waals surface area (Å²) in [6.07, 6.45) is 7.53. The lowest BCUT2D eigenvalue weighted by Crippen LogP contribution is -2.39. The van der Waals surface area contributed by atoms with Crippen LogP contribution in [0.4, 0.5) is 0 Å². The Bertz CT molecular complexity index is 328. The quantitative estimate of drug-likeness (QED) is 0.768. The van der Waals surface area contributed by atoms with E-state index in [1.54, 1.807) is 4.90 Å². The highest BCUT2D eigenvalue weighted by atomic mass is 16.2. The van der Waals surface area contributed by atoms with Crippen molar-refractivity contribution in [1.82, 2.24) is 10.2 Å². The highest BCUT2D eigenvalue weighted by Crippen LogP contribution is 2.39. The molecule has 0 aromatic rings. The van der Waals surface area contributed by atoms with E-state index in [0.29, 0.717) is 12.6 Å². The normalized spacial score (nSPS) is 36.2. The summed E-state index contributed by atoms with van der Waals surface area (Å²) in [5.41, 5.74) is 0. The summed E-state index contributed by atoms with van der Waals surface area (Å²) < 4.78 is 0. The van der Waals surface area contributed by atoms with Gasteiger partial charge in [0.1, 0.15) is 0 Å². The lowest BCUT2D eigenvalue weighted by Gasteiger charge is -2.25. The Morgan fingerprint density at radius 2 is 1.72 bits per heavy atom. The largest absolute Gasteiger partial charge is 0.314 e. The standard InChI is InChI=1S/C14H22N2O2/c17-13-11-5-3-6-12(11)14(18)16(13)9-7-10-4-1-2-8-15-10/h10-12,15H,1-9H2. The van der Waals surface area contributed by atoms with Crippen LogP contribution < -0.4 is 5.32 Å². The summed E-state index contributed by atoms with van der Waals surface area (Å²) in [4.78, 5) is 25.9. The fourth-order valence-electron chi connectivity index (χ4n) is 3.74. The van der Waals surface area contributed by atoms with Crippen LogP contribution in [-0.2, 0) is 9.59 Å². The topological polar surface area (TPSA) is 49.4 Å². The fraction of sp³-hybridized carbons (Fsp3) is 0.857. The molecule has 0 aromatic heterocycles. The Morgan fingerprint density at radius 3 is 2.33 bits per heavy atom. The molecule has 2 amide bonds. The maximum Gasteiger partial charge on any atom is 0.233 e. The number of carbonyl (C=O) groups is 2. The van der Waals surface area contributed by atoms with Crippen LogP contribution in [0.25, 0.3) is 0 Å². The Kier molecular flexibility index (Phi) is 3.37. The average molecular weight is 250 g/mol. The summed E-state index contributed by atoms with van der Waals surface area (Å²) in [5.74, 6) is 0.269. The minimum Gasteiger partial charge on any atom is -0.314 e. The third-order valence-corrected chi connectivity index (χ3v) is 4.80. The molecule has 3 rings (SSSR count). The zero-order chi connectivity index (χ0) is 12.5. The maximum atomic E-state index is 12.2. The maximum absolute atomic E-state index is 12.2. The average Bonchev–Trinajstić information content (AvgIpc) is 2.95. The molecular weight excluding hydrogens is 228 g/mol. The van der Waals surface area contributed by atoms with Gasteiger partial charge < -0.3 is 5.32 Å². The monoisotopic (exact) mass is 250 g/mol.